The van der Waals surface area contributed by atoms with Gasteiger partial charge in [0.25, 0.3) is 5.91 Å². The molecule has 2 rings (SSSR count). The van der Waals surface area contributed by atoms with Gasteiger partial charge in [0.05, 0.1) is 0 Å². The fourth-order valence-corrected chi connectivity index (χ4v) is 1.46. The third-order valence-corrected chi connectivity index (χ3v) is 2.33. The number of nitrogens with zero attached hydrogens (tertiary/aromatic N) is 1. The van der Waals surface area contributed by atoms with Crippen LogP contribution in [0.3, 0.4) is 0 Å². The zero-order valence-corrected chi connectivity index (χ0v) is 9.47. The van der Waals surface area contributed by atoms with Gasteiger partial charge in [0.2, 0.25) is 0 Å². The largest absolute Gasteiger partial charge is 0.399 e. The first-order chi connectivity index (χ1) is 8.15. The molecular weight excluding hydrogens is 214 g/mol. The summed E-state index contributed by atoms with van der Waals surface area (Å²) in [6.45, 7) is 1.85. The Morgan fingerprint density at radius 1 is 1.24 bits per heavy atom. The summed E-state index contributed by atoms with van der Waals surface area (Å²) in [6, 6.07) is 10.4. The number of aryl methyl sites for hydroxylation is 1. The number of aromatic nitrogens is 1. The minimum Gasteiger partial charge on any atom is -0.399 e. The number of nitrogens with one attached hydrogen (secondary N) is 1. The molecule has 2 aromatic rings. The SMILES string of the molecule is Cc1cc(C(=O)Nc2ccc(N)cc2)ccn1. The number of hydrogen-bond donors (Lipinski definition) is 2. The molecule has 86 valence electrons. The Bertz CT molecular complexity index is 535. The van der Waals surface area contributed by atoms with Crippen molar-refractivity contribution in [3.63, 3.8) is 0 Å². The molecule has 0 spiro atoms. The van der Waals surface area contributed by atoms with Gasteiger partial charge >= 0.3 is 0 Å². The van der Waals surface area contributed by atoms with Crippen LogP contribution in [0.4, 0.5) is 11.4 Å². The topological polar surface area (TPSA) is 68.0 Å². The van der Waals surface area contributed by atoms with Gasteiger partial charge in [0.15, 0.2) is 0 Å². The van der Waals surface area contributed by atoms with E-state index in [9.17, 15) is 4.79 Å². The molecule has 0 saturated carbocycles. The van der Waals surface area contributed by atoms with Crippen LogP contribution < -0.4 is 11.1 Å². The lowest BCUT2D eigenvalue weighted by atomic mass is 10.2. The Morgan fingerprint density at radius 2 is 1.94 bits per heavy atom. The van der Waals surface area contributed by atoms with Gasteiger partial charge in [-0.05, 0) is 43.3 Å². The number of pyridine rings is 1. The highest BCUT2D eigenvalue weighted by molar-refractivity contribution is 6.04. The van der Waals surface area contributed by atoms with Gasteiger partial charge in [-0.25, -0.2) is 0 Å². The second-order valence-electron chi connectivity index (χ2n) is 3.76. The van der Waals surface area contributed by atoms with Crippen molar-refractivity contribution in [3.8, 4) is 0 Å². The van der Waals surface area contributed by atoms with Gasteiger partial charge < -0.3 is 11.1 Å². The summed E-state index contributed by atoms with van der Waals surface area (Å²) in [4.78, 5) is 15.9. The number of amides is 1. The predicted molar refractivity (Wildman–Crippen MR) is 67.8 cm³/mol. The minimum atomic E-state index is -0.153. The smallest absolute Gasteiger partial charge is 0.255 e. The molecule has 17 heavy (non-hydrogen) atoms. The maximum atomic E-state index is 11.9. The molecule has 0 saturated heterocycles. The van der Waals surface area contributed by atoms with E-state index in [1.807, 2.05) is 6.92 Å². The van der Waals surface area contributed by atoms with Crippen LogP contribution in [0.15, 0.2) is 42.6 Å². The highest BCUT2D eigenvalue weighted by Gasteiger charge is 2.05. The number of nitrogens with two attached hydrogens (primary N) is 1. The molecule has 0 aliphatic rings. The van der Waals surface area contributed by atoms with Crippen LogP contribution in [-0.2, 0) is 0 Å². The van der Waals surface area contributed by atoms with Crippen molar-refractivity contribution >= 4 is 17.3 Å². The summed E-state index contributed by atoms with van der Waals surface area (Å²) in [7, 11) is 0. The minimum absolute atomic E-state index is 0.153. The predicted octanol–water partition coefficient (Wildman–Crippen LogP) is 2.22. The lowest BCUT2D eigenvalue weighted by Gasteiger charge is -2.05. The molecule has 0 aliphatic heterocycles. The monoisotopic (exact) mass is 227 g/mol. The van der Waals surface area contributed by atoms with Gasteiger partial charge in [-0.15, -0.1) is 0 Å². The molecule has 0 radical (unpaired) electrons. The molecular formula is C13H13N3O. The van der Waals surface area contributed by atoms with E-state index in [0.29, 0.717) is 11.3 Å². The lowest BCUT2D eigenvalue weighted by molar-refractivity contribution is 0.102. The van der Waals surface area contributed by atoms with E-state index in [1.165, 1.54) is 0 Å². The second kappa shape index (κ2) is 4.65. The van der Waals surface area contributed by atoms with Crippen LogP contribution in [0.25, 0.3) is 0 Å². The fraction of sp³-hybridized carbons (Fsp3) is 0.0769. The summed E-state index contributed by atoms with van der Waals surface area (Å²) < 4.78 is 0. The van der Waals surface area contributed by atoms with Crippen LogP contribution in [0.5, 0.6) is 0 Å². The van der Waals surface area contributed by atoms with E-state index >= 15 is 0 Å². The summed E-state index contributed by atoms with van der Waals surface area (Å²) in [5.74, 6) is -0.153. The highest BCUT2D eigenvalue weighted by Crippen LogP contribution is 2.12. The van der Waals surface area contributed by atoms with E-state index in [0.717, 1.165) is 11.4 Å². The van der Waals surface area contributed by atoms with Crippen molar-refractivity contribution in [2.24, 2.45) is 0 Å². The maximum absolute atomic E-state index is 11.9. The van der Waals surface area contributed by atoms with Crippen molar-refractivity contribution in [3.05, 3.63) is 53.9 Å². The molecule has 0 aliphatic carbocycles. The summed E-state index contributed by atoms with van der Waals surface area (Å²) >= 11 is 0. The first-order valence-corrected chi connectivity index (χ1v) is 5.25. The molecule has 1 aromatic carbocycles. The molecule has 4 nitrogen and oxygen atoms in total. The average Bonchev–Trinajstić information content (AvgIpc) is 2.32. The standard InChI is InChI=1S/C13H13N3O/c1-9-8-10(6-7-15-9)13(17)16-12-4-2-11(14)3-5-12/h2-8H,14H2,1H3,(H,16,17). The molecule has 4 heteroatoms. The number of anilines is 2. The van der Waals surface area contributed by atoms with Crippen molar-refractivity contribution in [2.45, 2.75) is 6.92 Å². The van der Waals surface area contributed by atoms with E-state index < -0.39 is 0 Å². The Hall–Kier alpha value is -2.36. The summed E-state index contributed by atoms with van der Waals surface area (Å²) in [5, 5.41) is 2.79. The number of nitrogen functional groups attached to an aromatic ring is 1. The third-order valence-electron chi connectivity index (χ3n) is 2.33. The summed E-state index contributed by atoms with van der Waals surface area (Å²) in [5.41, 5.74) is 8.36. The quantitative estimate of drug-likeness (QED) is 0.773. The number of benzene rings is 1. The fourth-order valence-electron chi connectivity index (χ4n) is 1.46. The Labute approximate surface area is 99.5 Å². The molecule has 1 heterocycles. The zero-order chi connectivity index (χ0) is 12.3. The van der Waals surface area contributed by atoms with Gasteiger partial charge in [0, 0.05) is 28.8 Å². The highest BCUT2D eigenvalue weighted by atomic mass is 16.1. The number of rotatable bonds is 2. The summed E-state index contributed by atoms with van der Waals surface area (Å²) in [6.07, 6.45) is 1.62. The number of carbonyl (C=O) groups is 1. The number of carbonyl (C=O) groups excluding carboxylic acids is 1. The zero-order valence-electron chi connectivity index (χ0n) is 9.47. The average molecular weight is 227 g/mol. The van der Waals surface area contributed by atoms with Crippen molar-refractivity contribution in [1.29, 1.82) is 0 Å². The van der Waals surface area contributed by atoms with Crippen LogP contribution >= 0.6 is 0 Å². The first-order valence-electron chi connectivity index (χ1n) is 5.25. The second-order valence-corrected chi connectivity index (χ2v) is 3.76. The van der Waals surface area contributed by atoms with E-state index in [4.69, 9.17) is 5.73 Å². The molecule has 0 atom stereocenters. The molecule has 0 fully saturated rings. The molecule has 1 aromatic heterocycles. The van der Waals surface area contributed by atoms with Crippen LogP contribution in [0.2, 0.25) is 0 Å². The molecule has 0 bridgehead atoms. The molecule has 0 unspecified atom stereocenters. The van der Waals surface area contributed by atoms with Gasteiger partial charge in [-0.2, -0.15) is 0 Å². The van der Waals surface area contributed by atoms with Crippen LogP contribution in [-0.4, -0.2) is 10.9 Å². The Morgan fingerprint density at radius 3 is 2.59 bits per heavy atom. The molecule has 1 amide bonds. The van der Waals surface area contributed by atoms with Gasteiger partial charge in [0.1, 0.15) is 0 Å². The van der Waals surface area contributed by atoms with Crippen LogP contribution in [0.1, 0.15) is 16.1 Å². The van der Waals surface area contributed by atoms with E-state index in [1.54, 1.807) is 42.6 Å². The molecule has 3 N–H and O–H groups in total. The van der Waals surface area contributed by atoms with Crippen molar-refractivity contribution in [1.82, 2.24) is 4.98 Å². The maximum Gasteiger partial charge on any atom is 0.255 e. The van der Waals surface area contributed by atoms with E-state index in [2.05, 4.69) is 10.3 Å². The Kier molecular flexibility index (Phi) is 3.05. The van der Waals surface area contributed by atoms with Crippen molar-refractivity contribution in [2.75, 3.05) is 11.1 Å². The first kappa shape index (κ1) is 11.1. The van der Waals surface area contributed by atoms with Crippen molar-refractivity contribution < 1.29 is 4.79 Å². The lowest BCUT2D eigenvalue weighted by Crippen LogP contribution is -2.12. The van der Waals surface area contributed by atoms with Crippen LogP contribution in [0, 0.1) is 6.92 Å². The van der Waals surface area contributed by atoms with Gasteiger partial charge in [-0.1, -0.05) is 0 Å². The Balaban J connectivity index is 2.14. The normalized spacial score (nSPS) is 9.94. The third kappa shape index (κ3) is 2.81. The number of hydrogen-bond acceptors (Lipinski definition) is 3. The van der Waals surface area contributed by atoms with Gasteiger partial charge in [-0.3, -0.25) is 9.78 Å². The van der Waals surface area contributed by atoms with E-state index in [-0.39, 0.29) is 5.91 Å².